The fraction of sp³-hybridized carbons (Fsp3) is 0.273. The Kier molecular flexibility index (Phi) is 7.02. The minimum absolute atomic E-state index is 0.153. The number of aromatic amines is 1. The molecule has 1 aromatic heterocycles. The van der Waals surface area contributed by atoms with Gasteiger partial charge in [-0.3, -0.25) is 4.79 Å². The number of anilines is 1. The molecular weight excluding hydrogens is 403 g/mol. The maximum absolute atomic E-state index is 13.2. The van der Waals surface area contributed by atoms with Crippen molar-refractivity contribution in [3.63, 3.8) is 0 Å². The monoisotopic (exact) mass is 429 g/mol. The highest BCUT2D eigenvalue weighted by molar-refractivity contribution is 7.80. The molecule has 3 aromatic rings. The number of nitrogens with one attached hydrogen (secondary N) is 3. The minimum atomic E-state index is -0.308. The second-order valence-corrected chi connectivity index (χ2v) is 7.78. The van der Waals surface area contributed by atoms with Gasteiger partial charge in [0, 0.05) is 22.2 Å². The predicted molar refractivity (Wildman–Crippen MR) is 122 cm³/mol. The van der Waals surface area contributed by atoms with Gasteiger partial charge in [0.25, 0.3) is 5.56 Å². The van der Waals surface area contributed by atoms with Crippen LogP contribution < -0.4 is 20.5 Å². The van der Waals surface area contributed by atoms with E-state index in [0.29, 0.717) is 29.5 Å². The smallest absolute Gasteiger partial charge is 0.253 e. The van der Waals surface area contributed by atoms with E-state index in [1.54, 1.807) is 19.2 Å². The second-order valence-electron chi connectivity index (χ2n) is 7.39. The van der Waals surface area contributed by atoms with Crippen LogP contribution in [0, 0.1) is 5.82 Å². The summed E-state index contributed by atoms with van der Waals surface area (Å²) < 4.78 is 18.5. The van der Waals surface area contributed by atoms with Crippen LogP contribution >= 0.6 is 12.2 Å². The molecule has 0 fully saturated rings. The van der Waals surface area contributed by atoms with Crippen molar-refractivity contribution in [2.45, 2.75) is 6.54 Å². The summed E-state index contributed by atoms with van der Waals surface area (Å²) in [5.41, 5.74) is 1.90. The van der Waals surface area contributed by atoms with Crippen molar-refractivity contribution in [1.82, 2.24) is 9.88 Å². The number of H-pyrrole nitrogens is 1. The molecule has 1 heterocycles. The molecule has 0 amide bonds. The number of rotatable bonds is 7. The van der Waals surface area contributed by atoms with Crippen LogP contribution in [0.1, 0.15) is 5.56 Å². The Bertz CT molecular complexity index is 1080. The van der Waals surface area contributed by atoms with Gasteiger partial charge in [0.05, 0.1) is 40.8 Å². The van der Waals surface area contributed by atoms with Crippen LogP contribution in [0.5, 0.6) is 5.75 Å². The van der Waals surface area contributed by atoms with Crippen LogP contribution in [-0.4, -0.2) is 49.3 Å². The Hall–Kier alpha value is -2.97. The van der Waals surface area contributed by atoms with Gasteiger partial charge >= 0.3 is 0 Å². The number of likely N-dealkylation sites (N-methyl/N-ethyl adjacent to an activating group) is 1. The van der Waals surface area contributed by atoms with Gasteiger partial charge in [-0.1, -0.05) is 0 Å². The van der Waals surface area contributed by atoms with Crippen molar-refractivity contribution in [3.05, 3.63) is 70.3 Å². The zero-order valence-corrected chi connectivity index (χ0v) is 18.1. The summed E-state index contributed by atoms with van der Waals surface area (Å²) in [4.78, 5) is 18.8. The van der Waals surface area contributed by atoms with Gasteiger partial charge in [-0.2, -0.15) is 0 Å². The first-order chi connectivity index (χ1) is 14.4. The third-order valence-corrected chi connectivity index (χ3v) is 5.11. The van der Waals surface area contributed by atoms with Crippen LogP contribution in [0.3, 0.4) is 0 Å². The number of methoxy groups -OCH3 is 1. The van der Waals surface area contributed by atoms with Gasteiger partial charge in [-0.15, -0.1) is 0 Å². The average Bonchev–Trinajstić information content (AvgIpc) is 2.72. The van der Waals surface area contributed by atoms with Crippen molar-refractivity contribution in [2.75, 3.05) is 39.6 Å². The highest BCUT2D eigenvalue weighted by Crippen LogP contribution is 2.19. The standard InChI is InChI=1S/C22H25FN4O2S/c1-26(2)10-11-27(22(30)24-18-6-4-17(23)5-7-18)14-16-12-15-13-19(29-3)8-9-20(15)25-21(16)28/h4-9,12-13H,10-11,14H2,1-3H3,(H,24,30)(H,25,28)/p+1. The molecule has 3 N–H and O–H groups in total. The Morgan fingerprint density at radius 3 is 2.60 bits per heavy atom. The number of fused-ring (bicyclic) bond motifs is 1. The first kappa shape index (κ1) is 21.7. The molecule has 0 saturated carbocycles. The highest BCUT2D eigenvalue weighted by atomic mass is 32.1. The summed E-state index contributed by atoms with van der Waals surface area (Å²) in [5, 5.41) is 4.51. The molecule has 0 atom stereocenters. The molecule has 30 heavy (non-hydrogen) atoms. The van der Waals surface area contributed by atoms with Crippen LogP contribution in [0.15, 0.2) is 53.3 Å². The quantitative estimate of drug-likeness (QED) is 0.502. The molecule has 2 aromatic carbocycles. The Labute approximate surface area is 180 Å². The van der Waals surface area contributed by atoms with Crippen LogP contribution in [0.4, 0.5) is 10.1 Å². The van der Waals surface area contributed by atoms with Gasteiger partial charge in [0.15, 0.2) is 5.11 Å². The minimum Gasteiger partial charge on any atom is -0.497 e. The summed E-state index contributed by atoms with van der Waals surface area (Å²) >= 11 is 5.60. The third kappa shape index (κ3) is 5.55. The van der Waals surface area contributed by atoms with Crippen molar-refractivity contribution in [2.24, 2.45) is 0 Å². The van der Waals surface area contributed by atoms with Crippen molar-refractivity contribution >= 4 is 33.9 Å². The summed E-state index contributed by atoms with van der Waals surface area (Å²) in [6.07, 6.45) is 0. The normalized spacial score (nSPS) is 11.0. The van der Waals surface area contributed by atoms with Gasteiger partial charge in [-0.25, -0.2) is 4.39 Å². The summed E-state index contributed by atoms with van der Waals surface area (Å²) in [6.45, 7) is 1.85. The summed E-state index contributed by atoms with van der Waals surface area (Å²) in [7, 11) is 5.73. The highest BCUT2D eigenvalue weighted by Gasteiger charge is 2.15. The van der Waals surface area contributed by atoms with E-state index >= 15 is 0 Å². The average molecular weight is 430 g/mol. The SMILES string of the molecule is COc1ccc2[nH]c(=O)c(CN(CC[NH+](C)C)C(=S)Nc3ccc(F)cc3)cc2c1. The fourth-order valence-electron chi connectivity index (χ4n) is 3.03. The zero-order chi connectivity index (χ0) is 21.7. The zero-order valence-electron chi connectivity index (χ0n) is 17.3. The molecule has 6 nitrogen and oxygen atoms in total. The van der Waals surface area contributed by atoms with E-state index in [4.69, 9.17) is 17.0 Å². The molecule has 0 aliphatic heterocycles. The number of hydrogen-bond donors (Lipinski definition) is 3. The number of nitrogens with zero attached hydrogens (tertiary/aromatic N) is 1. The fourth-order valence-corrected chi connectivity index (χ4v) is 3.30. The van der Waals surface area contributed by atoms with Crippen LogP contribution in [0.2, 0.25) is 0 Å². The number of halogens is 1. The molecule has 0 bridgehead atoms. The second kappa shape index (κ2) is 9.69. The lowest BCUT2D eigenvalue weighted by Crippen LogP contribution is -3.06. The maximum Gasteiger partial charge on any atom is 0.253 e. The third-order valence-electron chi connectivity index (χ3n) is 4.75. The van der Waals surface area contributed by atoms with E-state index in [0.717, 1.165) is 23.2 Å². The van der Waals surface area contributed by atoms with Crippen LogP contribution in [-0.2, 0) is 6.54 Å². The van der Waals surface area contributed by atoms with Crippen molar-refractivity contribution < 1.29 is 14.0 Å². The Balaban J connectivity index is 1.86. The lowest BCUT2D eigenvalue weighted by Gasteiger charge is -2.26. The van der Waals surface area contributed by atoms with Gasteiger partial charge in [-0.05, 0) is 60.7 Å². The van der Waals surface area contributed by atoms with E-state index in [-0.39, 0.29) is 11.4 Å². The summed E-state index contributed by atoms with van der Waals surface area (Å²) in [5.74, 6) is 0.416. The molecule has 0 radical (unpaired) electrons. The first-order valence-electron chi connectivity index (χ1n) is 9.66. The molecular formula is C22H26FN4O2S+. The van der Waals surface area contributed by atoms with Crippen molar-refractivity contribution in [3.8, 4) is 5.75 Å². The first-order valence-corrected chi connectivity index (χ1v) is 10.1. The molecule has 0 spiro atoms. The number of hydrogen-bond acceptors (Lipinski definition) is 3. The molecule has 0 aliphatic carbocycles. The molecule has 8 heteroatoms. The number of quaternary nitrogens is 1. The maximum atomic E-state index is 13.2. The van der Waals surface area contributed by atoms with Gasteiger partial charge in [0.1, 0.15) is 11.6 Å². The topological polar surface area (TPSA) is 61.8 Å². The van der Waals surface area contributed by atoms with E-state index in [2.05, 4.69) is 24.4 Å². The number of ether oxygens (including phenoxy) is 1. The van der Waals surface area contributed by atoms with Gasteiger partial charge in [0.2, 0.25) is 0 Å². The lowest BCUT2D eigenvalue weighted by molar-refractivity contribution is -0.857. The van der Waals surface area contributed by atoms with Gasteiger partial charge < -0.3 is 24.8 Å². The predicted octanol–water partition coefficient (Wildman–Crippen LogP) is 2.02. The van der Waals surface area contributed by atoms with E-state index in [1.165, 1.54) is 17.0 Å². The molecule has 3 rings (SSSR count). The van der Waals surface area contributed by atoms with E-state index in [1.807, 2.05) is 29.2 Å². The summed E-state index contributed by atoms with van der Waals surface area (Å²) in [6, 6.07) is 13.4. The van der Waals surface area contributed by atoms with E-state index in [9.17, 15) is 9.18 Å². The number of benzene rings is 2. The molecule has 0 aliphatic rings. The number of aromatic nitrogens is 1. The Morgan fingerprint density at radius 1 is 1.20 bits per heavy atom. The lowest BCUT2D eigenvalue weighted by atomic mass is 10.1. The number of pyridine rings is 1. The van der Waals surface area contributed by atoms with Crippen molar-refractivity contribution in [1.29, 1.82) is 0 Å². The molecule has 158 valence electrons. The number of thiocarbonyl (C=S) groups is 1. The Morgan fingerprint density at radius 2 is 1.93 bits per heavy atom. The van der Waals surface area contributed by atoms with Crippen LogP contribution in [0.25, 0.3) is 10.9 Å². The largest absolute Gasteiger partial charge is 0.497 e. The molecule has 0 unspecified atom stereocenters. The van der Waals surface area contributed by atoms with E-state index < -0.39 is 0 Å². The molecule has 0 saturated heterocycles.